The van der Waals surface area contributed by atoms with E-state index in [1.165, 1.54) is 11.0 Å². The van der Waals surface area contributed by atoms with E-state index in [0.717, 1.165) is 29.7 Å². The van der Waals surface area contributed by atoms with Gasteiger partial charge in [-0.1, -0.05) is 24.3 Å². The highest BCUT2D eigenvalue weighted by Crippen LogP contribution is 2.22. The number of aliphatic hydroxyl groups is 1. The average molecular weight is 315 g/mol. The smallest absolute Gasteiger partial charge is 0.414 e. The molecule has 1 saturated heterocycles. The summed E-state index contributed by atoms with van der Waals surface area (Å²) in [6, 6.07) is 14.2. The summed E-state index contributed by atoms with van der Waals surface area (Å²) in [6.07, 6.45) is 0.662. The van der Waals surface area contributed by atoms with Crippen molar-refractivity contribution in [3.05, 3.63) is 65.5 Å². The van der Waals surface area contributed by atoms with Gasteiger partial charge in [0.15, 0.2) is 0 Å². The van der Waals surface area contributed by atoms with Crippen LogP contribution < -0.4 is 4.90 Å². The van der Waals surface area contributed by atoms with Gasteiger partial charge in [0.1, 0.15) is 11.9 Å². The number of aliphatic hydroxyl groups excluding tert-OH is 1. The Morgan fingerprint density at radius 1 is 1.13 bits per heavy atom. The molecular formula is C18H18FNO3. The van der Waals surface area contributed by atoms with Gasteiger partial charge in [-0.2, -0.15) is 0 Å². The molecule has 1 unspecified atom stereocenters. The molecule has 120 valence electrons. The third-order valence-corrected chi connectivity index (χ3v) is 3.92. The van der Waals surface area contributed by atoms with Gasteiger partial charge >= 0.3 is 6.09 Å². The summed E-state index contributed by atoms with van der Waals surface area (Å²) >= 11 is 0. The molecule has 3 rings (SSSR count). The fraction of sp³-hybridized carbons (Fsp3) is 0.278. The van der Waals surface area contributed by atoms with Gasteiger partial charge in [0.25, 0.3) is 0 Å². The monoisotopic (exact) mass is 315 g/mol. The molecule has 1 heterocycles. The molecule has 1 fully saturated rings. The molecule has 1 amide bonds. The summed E-state index contributed by atoms with van der Waals surface area (Å²) in [7, 11) is 0. The molecule has 0 radical (unpaired) electrons. The Kier molecular flexibility index (Phi) is 4.57. The number of hydrogen-bond acceptors (Lipinski definition) is 3. The predicted octanol–water partition coefficient (Wildman–Crippen LogP) is 2.93. The summed E-state index contributed by atoms with van der Waals surface area (Å²) < 4.78 is 18.2. The molecule has 1 N–H and O–H groups in total. The number of rotatable bonds is 5. The van der Waals surface area contributed by atoms with Crippen molar-refractivity contribution in [2.45, 2.75) is 18.9 Å². The molecule has 1 aliphatic rings. The molecule has 2 aromatic rings. The molecule has 0 spiro atoms. The van der Waals surface area contributed by atoms with Gasteiger partial charge in [0, 0.05) is 5.69 Å². The zero-order chi connectivity index (χ0) is 16.2. The van der Waals surface area contributed by atoms with E-state index in [0.29, 0.717) is 6.54 Å². The maximum Gasteiger partial charge on any atom is 0.414 e. The van der Waals surface area contributed by atoms with Crippen molar-refractivity contribution < 1.29 is 19.0 Å². The van der Waals surface area contributed by atoms with Gasteiger partial charge in [-0.15, -0.1) is 0 Å². The third-order valence-electron chi connectivity index (χ3n) is 3.92. The Morgan fingerprint density at radius 3 is 2.52 bits per heavy atom. The van der Waals surface area contributed by atoms with Crippen molar-refractivity contribution in [2.24, 2.45) is 0 Å². The number of carbonyl (C=O) groups excluding carboxylic acids is 1. The van der Waals surface area contributed by atoms with E-state index in [1.807, 2.05) is 30.3 Å². The first-order chi connectivity index (χ1) is 11.2. The number of cyclic esters (lactones) is 1. The number of hydrogen-bond donors (Lipinski definition) is 1. The zero-order valence-electron chi connectivity index (χ0n) is 12.6. The summed E-state index contributed by atoms with van der Waals surface area (Å²) in [4.78, 5) is 13.2. The summed E-state index contributed by atoms with van der Waals surface area (Å²) in [6.45, 7) is 0.186. The SMILES string of the molecule is O=C1OC(CO)CN1c1ccc(CCc2cccc(F)c2)cc1. The van der Waals surface area contributed by atoms with Crippen LogP contribution in [-0.2, 0) is 17.6 Å². The van der Waals surface area contributed by atoms with E-state index in [2.05, 4.69) is 0 Å². The Balaban J connectivity index is 1.62. The lowest BCUT2D eigenvalue weighted by atomic mass is 10.0. The first kappa shape index (κ1) is 15.5. The van der Waals surface area contributed by atoms with E-state index in [4.69, 9.17) is 9.84 Å². The fourth-order valence-electron chi connectivity index (χ4n) is 2.65. The second-order valence-electron chi connectivity index (χ2n) is 5.60. The number of anilines is 1. The number of amides is 1. The van der Waals surface area contributed by atoms with Crippen LogP contribution in [0.5, 0.6) is 0 Å². The van der Waals surface area contributed by atoms with Gasteiger partial charge in [0.2, 0.25) is 0 Å². The second-order valence-corrected chi connectivity index (χ2v) is 5.60. The first-order valence-electron chi connectivity index (χ1n) is 7.58. The van der Waals surface area contributed by atoms with Crippen molar-refractivity contribution >= 4 is 11.8 Å². The lowest BCUT2D eigenvalue weighted by Gasteiger charge is -2.13. The third kappa shape index (κ3) is 3.68. The Bertz CT molecular complexity index is 687. The molecule has 0 bridgehead atoms. The molecule has 1 atom stereocenters. The van der Waals surface area contributed by atoms with Crippen molar-refractivity contribution in [1.82, 2.24) is 0 Å². The van der Waals surface area contributed by atoms with Crippen molar-refractivity contribution in [2.75, 3.05) is 18.1 Å². The zero-order valence-corrected chi connectivity index (χ0v) is 12.6. The van der Waals surface area contributed by atoms with Crippen LogP contribution >= 0.6 is 0 Å². The average Bonchev–Trinajstić information content (AvgIpc) is 2.95. The number of nitrogens with zero attached hydrogens (tertiary/aromatic N) is 1. The summed E-state index contributed by atoms with van der Waals surface area (Å²) in [5.74, 6) is -0.219. The van der Waals surface area contributed by atoms with Gasteiger partial charge in [-0.25, -0.2) is 9.18 Å². The number of carbonyl (C=O) groups is 1. The van der Waals surface area contributed by atoms with E-state index >= 15 is 0 Å². The molecule has 2 aromatic carbocycles. The Hall–Kier alpha value is -2.40. The molecule has 5 heteroatoms. The van der Waals surface area contributed by atoms with Crippen LogP contribution in [0.1, 0.15) is 11.1 Å². The van der Waals surface area contributed by atoms with E-state index in [9.17, 15) is 9.18 Å². The highest BCUT2D eigenvalue weighted by Gasteiger charge is 2.31. The molecule has 23 heavy (non-hydrogen) atoms. The van der Waals surface area contributed by atoms with Crippen LogP contribution in [0.3, 0.4) is 0 Å². The Labute approximate surface area is 134 Å². The highest BCUT2D eigenvalue weighted by molar-refractivity contribution is 5.89. The van der Waals surface area contributed by atoms with Crippen LogP contribution in [0.2, 0.25) is 0 Å². The fourth-order valence-corrected chi connectivity index (χ4v) is 2.65. The van der Waals surface area contributed by atoms with Crippen LogP contribution in [0.25, 0.3) is 0 Å². The van der Waals surface area contributed by atoms with E-state index < -0.39 is 12.2 Å². The number of benzene rings is 2. The van der Waals surface area contributed by atoms with E-state index in [1.54, 1.807) is 12.1 Å². The summed E-state index contributed by atoms with van der Waals surface area (Å²) in [5, 5.41) is 9.06. The first-order valence-corrected chi connectivity index (χ1v) is 7.58. The minimum atomic E-state index is -0.463. The van der Waals surface area contributed by atoms with Gasteiger partial charge in [-0.05, 0) is 48.2 Å². The summed E-state index contributed by atoms with van der Waals surface area (Å²) in [5.41, 5.74) is 2.83. The van der Waals surface area contributed by atoms with Crippen LogP contribution in [0.15, 0.2) is 48.5 Å². The highest BCUT2D eigenvalue weighted by atomic mass is 19.1. The standard InChI is InChI=1S/C18H18FNO3/c19-15-3-1-2-14(10-15)5-4-13-6-8-16(9-7-13)20-11-17(12-21)23-18(20)22/h1-3,6-10,17,21H,4-5,11-12H2. The molecule has 1 aliphatic heterocycles. The lowest BCUT2D eigenvalue weighted by molar-refractivity contribution is 0.0963. The number of ether oxygens (including phenoxy) is 1. The second kappa shape index (κ2) is 6.79. The van der Waals surface area contributed by atoms with Gasteiger partial charge in [0.05, 0.1) is 13.2 Å². The number of aryl methyl sites for hydroxylation is 2. The number of halogens is 1. The normalized spacial score (nSPS) is 17.4. The maximum absolute atomic E-state index is 13.1. The molecule has 4 nitrogen and oxygen atoms in total. The minimum absolute atomic E-state index is 0.173. The topological polar surface area (TPSA) is 49.8 Å². The minimum Gasteiger partial charge on any atom is -0.441 e. The molecule has 0 aromatic heterocycles. The largest absolute Gasteiger partial charge is 0.441 e. The maximum atomic E-state index is 13.1. The van der Waals surface area contributed by atoms with Crippen molar-refractivity contribution in [1.29, 1.82) is 0 Å². The van der Waals surface area contributed by atoms with Gasteiger partial charge < -0.3 is 9.84 Å². The predicted molar refractivity (Wildman–Crippen MR) is 85.0 cm³/mol. The molecular weight excluding hydrogens is 297 g/mol. The van der Waals surface area contributed by atoms with Crippen LogP contribution in [-0.4, -0.2) is 30.5 Å². The van der Waals surface area contributed by atoms with E-state index in [-0.39, 0.29) is 12.4 Å². The van der Waals surface area contributed by atoms with Crippen molar-refractivity contribution in [3.63, 3.8) is 0 Å². The quantitative estimate of drug-likeness (QED) is 0.923. The van der Waals surface area contributed by atoms with Crippen LogP contribution in [0.4, 0.5) is 14.9 Å². The van der Waals surface area contributed by atoms with Gasteiger partial charge in [-0.3, -0.25) is 4.90 Å². The molecule has 0 aliphatic carbocycles. The van der Waals surface area contributed by atoms with Crippen molar-refractivity contribution in [3.8, 4) is 0 Å². The lowest BCUT2D eigenvalue weighted by Crippen LogP contribution is -2.25. The molecule has 0 saturated carbocycles. The van der Waals surface area contributed by atoms with Crippen LogP contribution in [0, 0.1) is 5.82 Å². The Morgan fingerprint density at radius 2 is 1.87 bits per heavy atom.